The molecule has 1 saturated carbocycles. The quantitative estimate of drug-likeness (QED) is 0.886. The van der Waals surface area contributed by atoms with E-state index in [4.69, 9.17) is 25.5 Å². The molecule has 25 heavy (non-hydrogen) atoms. The van der Waals surface area contributed by atoms with Gasteiger partial charge in [-0.3, -0.25) is 4.79 Å². The van der Waals surface area contributed by atoms with Crippen molar-refractivity contribution in [3.8, 4) is 11.3 Å². The minimum absolute atomic E-state index is 0.0637. The molecule has 1 aromatic carbocycles. The second-order valence-electron chi connectivity index (χ2n) is 6.55. The van der Waals surface area contributed by atoms with Crippen LogP contribution >= 0.6 is 11.6 Å². The summed E-state index contributed by atoms with van der Waals surface area (Å²) in [4.78, 5) is 12.6. The topological polar surface area (TPSA) is 60.7 Å². The number of methoxy groups -OCH3 is 1. The Morgan fingerprint density at radius 3 is 2.96 bits per heavy atom. The number of carbonyl (C=O) groups excluding carboxylic acids is 1. The van der Waals surface area contributed by atoms with Gasteiger partial charge in [-0.05, 0) is 30.7 Å². The second-order valence-corrected chi connectivity index (χ2v) is 6.96. The average molecular weight is 362 g/mol. The van der Waals surface area contributed by atoms with Gasteiger partial charge in [0, 0.05) is 37.2 Å². The summed E-state index contributed by atoms with van der Waals surface area (Å²) in [5, 5.41) is 3.68. The van der Waals surface area contributed by atoms with Crippen molar-refractivity contribution in [2.24, 2.45) is 11.8 Å². The van der Waals surface area contributed by atoms with E-state index in [-0.39, 0.29) is 29.7 Å². The standard InChI is InChI=1S/C19H20ClNO4/c1-23-10-13-17(12-8-9-24-18(12)13)21-19(22)16-7-6-15(25-16)11-4-2-3-5-14(11)20/h2-7,12-13,17-18H,8-10H2,1H3,(H,21,22)/t12-,13-,17-,18-/m0/s1. The van der Waals surface area contributed by atoms with Crippen molar-refractivity contribution in [3.63, 3.8) is 0 Å². The van der Waals surface area contributed by atoms with E-state index in [0.717, 1.165) is 18.6 Å². The van der Waals surface area contributed by atoms with Crippen LogP contribution in [0.25, 0.3) is 11.3 Å². The van der Waals surface area contributed by atoms with Crippen LogP contribution in [0.5, 0.6) is 0 Å². The lowest BCUT2D eigenvalue weighted by atomic mass is 9.67. The molecule has 1 amide bonds. The molecule has 1 aliphatic heterocycles. The SMILES string of the molecule is COC[C@H]1[C@@H](NC(=O)c2ccc(-c3ccccc3Cl)o2)[C@@H]2CCO[C@@H]21. The number of amides is 1. The first-order chi connectivity index (χ1) is 12.2. The van der Waals surface area contributed by atoms with E-state index in [9.17, 15) is 4.79 Å². The van der Waals surface area contributed by atoms with Crippen LogP contribution in [-0.2, 0) is 9.47 Å². The van der Waals surface area contributed by atoms with E-state index >= 15 is 0 Å². The van der Waals surface area contributed by atoms with Crippen LogP contribution in [0.15, 0.2) is 40.8 Å². The highest BCUT2D eigenvalue weighted by Gasteiger charge is 2.54. The summed E-state index contributed by atoms with van der Waals surface area (Å²) in [5.41, 5.74) is 0.772. The highest BCUT2D eigenvalue weighted by atomic mass is 35.5. The minimum atomic E-state index is -0.213. The second kappa shape index (κ2) is 6.83. The number of furan rings is 1. The monoisotopic (exact) mass is 361 g/mol. The van der Waals surface area contributed by atoms with Crippen molar-refractivity contribution in [1.82, 2.24) is 5.32 Å². The van der Waals surface area contributed by atoms with E-state index in [1.165, 1.54) is 0 Å². The zero-order valence-electron chi connectivity index (χ0n) is 13.9. The third-order valence-corrected chi connectivity index (χ3v) is 5.48. The highest BCUT2D eigenvalue weighted by Crippen LogP contribution is 2.44. The maximum Gasteiger partial charge on any atom is 0.287 e. The maximum atomic E-state index is 12.6. The lowest BCUT2D eigenvalue weighted by molar-refractivity contribution is -0.0811. The van der Waals surface area contributed by atoms with Gasteiger partial charge in [-0.25, -0.2) is 0 Å². The summed E-state index contributed by atoms with van der Waals surface area (Å²) in [5.74, 6) is 1.21. The molecular formula is C19H20ClNO4. The number of halogens is 1. The van der Waals surface area contributed by atoms with Crippen LogP contribution < -0.4 is 5.32 Å². The van der Waals surface area contributed by atoms with E-state index in [2.05, 4.69) is 5.32 Å². The molecule has 0 radical (unpaired) electrons. The van der Waals surface area contributed by atoms with Crippen molar-refractivity contribution in [2.75, 3.05) is 20.3 Å². The molecule has 132 valence electrons. The van der Waals surface area contributed by atoms with Crippen LogP contribution in [-0.4, -0.2) is 38.4 Å². The Hall–Kier alpha value is -1.82. The molecule has 2 heterocycles. The van der Waals surface area contributed by atoms with Gasteiger partial charge < -0.3 is 19.2 Å². The summed E-state index contributed by atoms with van der Waals surface area (Å²) >= 11 is 6.19. The van der Waals surface area contributed by atoms with Crippen molar-refractivity contribution >= 4 is 17.5 Å². The summed E-state index contributed by atoms with van der Waals surface area (Å²) in [6.45, 7) is 1.33. The first-order valence-electron chi connectivity index (χ1n) is 8.45. The Morgan fingerprint density at radius 1 is 1.32 bits per heavy atom. The largest absolute Gasteiger partial charge is 0.451 e. The first-order valence-corrected chi connectivity index (χ1v) is 8.83. The zero-order valence-corrected chi connectivity index (χ0v) is 14.7. The van der Waals surface area contributed by atoms with Crippen molar-refractivity contribution < 1.29 is 18.7 Å². The lowest BCUT2D eigenvalue weighted by Gasteiger charge is -2.47. The molecule has 5 nitrogen and oxygen atoms in total. The Morgan fingerprint density at radius 2 is 2.16 bits per heavy atom. The number of hydrogen-bond acceptors (Lipinski definition) is 4. The predicted molar refractivity (Wildman–Crippen MR) is 93.6 cm³/mol. The molecule has 2 aliphatic rings. The van der Waals surface area contributed by atoms with E-state index in [1.54, 1.807) is 25.3 Å². The third-order valence-electron chi connectivity index (χ3n) is 5.15. The molecule has 4 atom stereocenters. The lowest BCUT2D eigenvalue weighted by Crippen LogP contribution is -2.62. The number of carbonyl (C=O) groups is 1. The molecule has 1 aliphatic carbocycles. The summed E-state index contributed by atoms with van der Waals surface area (Å²) < 4.78 is 16.7. The number of nitrogens with one attached hydrogen (secondary N) is 1. The smallest absolute Gasteiger partial charge is 0.287 e. The number of benzene rings is 1. The highest BCUT2D eigenvalue weighted by molar-refractivity contribution is 6.33. The maximum absolute atomic E-state index is 12.6. The zero-order chi connectivity index (χ0) is 17.4. The molecule has 0 spiro atoms. The average Bonchev–Trinajstić information content (AvgIpc) is 3.25. The molecule has 6 heteroatoms. The Bertz CT molecular complexity index is 774. The molecular weight excluding hydrogens is 342 g/mol. The molecule has 1 N–H and O–H groups in total. The van der Waals surface area contributed by atoms with Crippen LogP contribution in [0.2, 0.25) is 5.02 Å². The number of rotatable bonds is 5. The van der Waals surface area contributed by atoms with Crippen molar-refractivity contribution in [1.29, 1.82) is 0 Å². The molecule has 1 aromatic heterocycles. The fourth-order valence-electron chi connectivity index (χ4n) is 3.92. The Labute approximate surface area is 151 Å². The van der Waals surface area contributed by atoms with Gasteiger partial charge in [0.15, 0.2) is 5.76 Å². The molecule has 2 fully saturated rings. The summed E-state index contributed by atoms with van der Waals surface area (Å²) in [6.07, 6.45) is 1.17. The van der Waals surface area contributed by atoms with Crippen LogP contribution in [0.1, 0.15) is 17.0 Å². The van der Waals surface area contributed by atoms with Gasteiger partial charge in [-0.15, -0.1) is 0 Å². The van der Waals surface area contributed by atoms with Gasteiger partial charge >= 0.3 is 0 Å². The van der Waals surface area contributed by atoms with Crippen molar-refractivity contribution in [3.05, 3.63) is 47.2 Å². The Kier molecular flexibility index (Phi) is 4.54. The van der Waals surface area contributed by atoms with Gasteiger partial charge in [-0.1, -0.05) is 23.7 Å². The number of fused-ring (bicyclic) bond motifs is 1. The van der Waals surface area contributed by atoms with Gasteiger partial charge in [0.2, 0.25) is 0 Å². The van der Waals surface area contributed by atoms with E-state index in [0.29, 0.717) is 23.3 Å². The minimum Gasteiger partial charge on any atom is -0.451 e. The molecule has 0 bridgehead atoms. The summed E-state index contributed by atoms with van der Waals surface area (Å²) in [6, 6.07) is 10.9. The predicted octanol–water partition coefficient (Wildman–Crippen LogP) is 3.38. The van der Waals surface area contributed by atoms with Crippen LogP contribution in [0.4, 0.5) is 0 Å². The fourth-order valence-corrected chi connectivity index (χ4v) is 4.15. The first kappa shape index (κ1) is 16.6. The number of ether oxygens (including phenoxy) is 2. The Balaban J connectivity index is 1.48. The molecule has 2 aromatic rings. The molecule has 4 rings (SSSR count). The van der Waals surface area contributed by atoms with E-state index in [1.807, 2.05) is 18.2 Å². The fraction of sp³-hybridized carbons (Fsp3) is 0.421. The molecule has 0 unspecified atom stereocenters. The third kappa shape index (κ3) is 2.97. The van der Waals surface area contributed by atoms with Gasteiger partial charge in [0.1, 0.15) is 5.76 Å². The molecule has 1 saturated heterocycles. The van der Waals surface area contributed by atoms with Gasteiger partial charge in [0.05, 0.1) is 17.7 Å². The number of hydrogen-bond donors (Lipinski definition) is 1. The summed E-state index contributed by atoms with van der Waals surface area (Å²) in [7, 11) is 1.67. The van der Waals surface area contributed by atoms with Crippen molar-refractivity contribution in [2.45, 2.75) is 18.6 Å². The van der Waals surface area contributed by atoms with E-state index < -0.39 is 0 Å². The van der Waals surface area contributed by atoms with Gasteiger partial charge in [0.25, 0.3) is 5.91 Å². The normalized spacial score (nSPS) is 27.6. The van der Waals surface area contributed by atoms with Crippen LogP contribution in [0.3, 0.4) is 0 Å². The van der Waals surface area contributed by atoms with Gasteiger partial charge in [-0.2, -0.15) is 0 Å². The van der Waals surface area contributed by atoms with Crippen LogP contribution in [0, 0.1) is 11.8 Å².